The van der Waals surface area contributed by atoms with Crippen LogP contribution in [0.15, 0.2) is 43.0 Å². The number of fused-ring (bicyclic) bond motifs is 3. The van der Waals surface area contributed by atoms with Crippen LogP contribution in [0.2, 0.25) is 5.02 Å². The van der Waals surface area contributed by atoms with Crippen LogP contribution in [0.5, 0.6) is 0 Å². The van der Waals surface area contributed by atoms with E-state index in [2.05, 4.69) is 26.3 Å². The van der Waals surface area contributed by atoms with Gasteiger partial charge in [-0.1, -0.05) is 24.2 Å². The Labute approximate surface area is 271 Å². The molecule has 3 saturated heterocycles. The summed E-state index contributed by atoms with van der Waals surface area (Å²) in [4.78, 5) is 55.4. The number of aromatic nitrogens is 1. The van der Waals surface area contributed by atoms with Gasteiger partial charge in [0.15, 0.2) is 0 Å². The van der Waals surface area contributed by atoms with Crippen molar-refractivity contribution in [2.75, 3.05) is 80.7 Å². The first-order chi connectivity index (χ1) is 21.8. The van der Waals surface area contributed by atoms with E-state index in [0.29, 0.717) is 49.1 Å². The molecule has 5 heterocycles. The van der Waals surface area contributed by atoms with Crippen LogP contribution in [-0.4, -0.2) is 115 Å². The Morgan fingerprint density at radius 1 is 1.09 bits per heavy atom. The minimum Gasteiger partial charge on any atom is -0.367 e. The zero-order valence-electron chi connectivity index (χ0n) is 25.8. The number of halogens is 4. The lowest BCUT2D eigenvalue weighted by Gasteiger charge is -2.47. The van der Waals surface area contributed by atoms with E-state index in [-0.39, 0.29) is 29.9 Å². The standard InChI is InChI=1S/C32H37ClF3N7O3/c1-4-27(44)41-13-12-40-10-8-39(18-23(40)19-41)9-11-42-17-21-15-28(45)43(26-16-22(32(34,35)36)14-20(2)37-26)29(21)31(46)38(3)25-7-5-6-24(33)30(25)42/h4-7,14,16,21,23,29H,1,8-13,15,17-19H2,2-3H3/t21-,23?,29+/m1/s1. The molecule has 6 rings (SSSR count). The van der Waals surface area contributed by atoms with Crippen molar-refractivity contribution in [3.8, 4) is 0 Å². The highest BCUT2D eigenvalue weighted by atomic mass is 35.5. The van der Waals surface area contributed by atoms with E-state index in [9.17, 15) is 27.6 Å². The van der Waals surface area contributed by atoms with Gasteiger partial charge in [0.05, 0.1) is 22.0 Å². The molecule has 0 saturated carbocycles. The first-order valence-electron chi connectivity index (χ1n) is 15.4. The zero-order valence-corrected chi connectivity index (χ0v) is 26.6. The van der Waals surface area contributed by atoms with Crippen LogP contribution in [0, 0.1) is 12.8 Å². The average molecular weight is 660 g/mol. The molecule has 3 atom stereocenters. The smallest absolute Gasteiger partial charge is 0.367 e. The number of nitrogens with zero attached hydrogens (tertiary/aromatic N) is 7. The molecule has 4 aliphatic heterocycles. The summed E-state index contributed by atoms with van der Waals surface area (Å²) in [6, 6.07) is 6.22. The van der Waals surface area contributed by atoms with Gasteiger partial charge >= 0.3 is 6.18 Å². The first-order valence-corrected chi connectivity index (χ1v) is 15.8. The number of pyridine rings is 1. The Bertz CT molecular complexity index is 1560. The molecule has 246 valence electrons. The summed E-state index contributed by atoms with van der Waals surface area (Å²) in [5.74, 6) is -1.63. The molecule has 1 aromatic carbocycles. The Kier molecular flexibility index (Phi) is 8.77. The zero-order chi connectivity index (χ0) is 32.9. The van der Waals surface area contributed by atoms with Gasteiger partial charge < -0.3 is 14.7 Å². The highest BCUT2D eigenvalue weighted by Crippen LogP contribution is 2.43. The van der Waals surface area contributed by atoms with Gasteiger partial charge in [0.25, 0.3) is 0 Å². The van der Waals surface area contributed by atoms with Crippen molar-refractivity contribution in [3.63, 3.8) is 0 Å². The second kappa shape index (κ2) is 12.5. The summed E-state index contributed by atoms with van der Waals surface area (Å²) in [6.45, 7) is 11.2. The van der Waals surface area contributed by atoms with Crippen LogP contribution in [-0.2, 0) is 20.6 Å². The van der Waals surface area contributed by atoms with Crippen LogP contribution in [0.3, 0.4) is 0 Å². The molecule has 1 aromatic heterocycles. The summed E-state index contributed by atoms with van der Waals surface area (Å²) in [5, 5.41) is 0.461. The lowest BCUT2D eigenvalue weighted by molar-refractivity contribution is -0.137. The summed E-state index contributed by atoms with van der Waals surface area (Å²) >= 11 is 6.78. The number of carbonyl (C=O) groups is 3. The number of amides is 3. The first kappa shape index (κ1) is 32.3. The predicted molar refractivity (Wildman–Crippen MR) is 169 cm³/mol. The third kappa shape index (κ3) is 6.07. The number of carbonyl (C=O) groups excluding carboxylic acids is 3. The maximum atomic E-state index is 14.1. The minimum absolute atomic E-state index is 0.0224. The molecule has 0 spiro atoms. The number of hydrogen-bond acceptors (Lipinski definition) is 7. The number of aryl methyl sites for hydroxylation is 1. The maximum Gasteiger partial charge on any atom is 0.416 e. The third-order valence-corrected chi connectivity index (χ3v) is 9.88. The van der Waals surface area contributed by atoms with E-state index in [1.165, 1.54) is 17.9 Å². The topological polar surface area (TPSA) is 83.5 Å². The molecule has 14 heteroatoms. The fourth-order valence-corrected chi connectivity index (χ4v) is 7.57. The highest BCUT2D eigenvalue weighted by Gasteiger charge is 2.49. The number of likely N-dealkylation sites (N-methyl/N-ethyl adjacent to an activating group) is 1. The van der Waals surface area contributed by atoms with E-state index in [1.807, 2.05) is 4.90 Å². The van der Waals surface area contributed by atoms with Gasteiger partial charge in [-0.25, -0.2) is 4.98 Å². The van der Waals surface area contributed by atoms with Crippen molar-refractivity contribution < 1.29 is 27.6 Å². The predicted octanol–water partition coefficient (Wildman–Crippen LogP) is 3.28. The SMILES string of the molecule is C=CC(=O)N1CCN2CCN(CCN3C[C@H]4CC(=O)N(c5cc(C(F)(F)F)cc(C)n5)[C@@H]4C(=O)N(C)c4cccc(Cl)c43)CC2C1. The van der Waals surface area contributed by atoms with Gasteiger partial charge in [-0.3, -0.25) is 29.1 Å². The third-order valence-electron chi connectivity index (χ3n) is 9.58. The van der Waals surface area contributed by atoms with Crippen molar-refractivity contribution in [2.24, 2.45) is 5.92 Å². The van der Waals surface area contributed by atoms with Gasteiger partial charge in [0.1, 0.15) is 11.9 Å². The lowest BCUT2D eigenvalue weighted by Crippen LogP contribution is -2.63. The summed E-state index contributed by atoms with van der Waals surface area (Å²) in [6.07, 6.45) is -3.31. The average Bonchev–Trinajstić information content (AvgIpc) is 3.35. The van der Waals surface area contributed by atoms with E-state index < -0.39 is 35.5 Å². The molecular weight excluding hydrogens is 623 g/mol. The van der Waals surface area contributed by atoms with E-state index in [0.717, 1.165) is 43.2 Å². The number of benzene rings is 1. The van der Waals surface area contributed by atoms with Crippen molar-refractivity contribution >= 4 is 46.5 Å². The molecule has 4 aliphatic rings. The minimum atomic E-state index is -4.64. The molecule has 0 N–H and O–H groups in total. The fraction of sp³-hybridized carbons (Fsp3) is 0.500. The van der Waals surface area contributed by atoms with Gasteiger partial charge in [-0.05, 0) is 37.3 Å². The highest BCUT2D eigenvalue weighted by molar-refractivity contribution is 6.34. The molecule has 2 aromatic rings. The molecule has 0 radical (unpaired) electrons. The van der Waals surface area contributed by atoms with Crippen LogP contribution < -0.4 is 14.7 Å². The van der Waals surface area contributed by atoms with Gasteiger partial charge in [0.2, 0.25) is 17.7 Å². The molecule has 3 amide bonds. The number of rotatable bonds is 5. The van der Waals surface area contributed by atoms with Crippen LogP contribution in [0.4, 0.5) is 30.4 Å². The van der Waals surface area contributed by atoms with E-state index >= 15 is 0 Å². The quantitative estimate of drug-likeness (QED) is 0.456. The molecular formula is C32H37ClF3N7O3. The Hall–Kier alpha value is -3.68. The lowest BCUT2D eigenvalue weighted by atomic mass is 9.95. The van der Waals surface area contributed by atoms with Crippen LogP contribution in [0.25, 0.3) is 0 Å². The fourth-order valence-electron chi connectivity index (χ4n) is 7.28. The summed E-state index contributed by atoms with van der Waals surface area (Å²) < 4.78 is 41.2. The van der Waals surface area contributed by atoms with E-state index in [4.69, 9.17) is 11.6 Å². The van der Waals surface area contributed by atoms with Gasteiger partial charge in [-0.15, -0.1) is 0 Å². The van der Waals surface area contributed by atoms with E-state index in [1.54, 1.807) is 25.2 Å². The molecule has 0 aliphatic carbocycles. The summed E-state index contributed by atoms with van der Waals surface area (Å²) in [5.41, 5.74) is 0.406. The van der Waals surface area contributed by atoms with Crippen molar-refractivity contribution in [1.82, 2.24) is 19.7 Å². The molecule has 3 fully saturated rings. The Balaban J connectivity index is 1.28. The van der Waals surface area contributed by atoms with Crippen LogP contribution >= 0.6 is 11.6 Å². The second-order valence-electron chi connectivity index (χ2n) is 12.5. The second-order valence-corrected chi connectivity index (χ2v) is 12.9. The largest absolute Gasteiger partial charge is 0.416 e. The van der Waals surface area contributed by atoms with Gasteiger partial charge in [0, 0.05) is 90.0 Å². The normalized spacial score (nSPS) is 24.3. The molecule has 0 bridgehead atoms. The molecule has 1 unspecified atom stereocenters. The number of alkyl halides is 3. The maximum absolute atomic E-state index is 14.1. The van der Waals surface area contributed by atoms with Crippen LogP contribution in [0.1, 0.15) is 17.7 Å². The molecule has 10 nitrogen and oxygen atoms in total. The van der Waals surface area contributed by atoms with Gasteiger partial charge in [-0.2, -0.15) is 13.2 Å². The Morgan fingerprint density at radius 2 is 1.85 bits per heavy atom. The van der Waals surface area contributed by atoms with Crippen molar-refractivity contribution in [1.29, 1.82) is 0 Å². The number of piperazine rings is 2. The number of hydrogen-bond donors (Lipinski definition) is 0. The molecule has 46 heavy (non-hydrogen) atoms. The number of para-hydroxylation sites is 1. The summed E-state index contributed by atoms with van der Waals surface area (Å²) in [7, 11) is 1.60. The monoisotopic (exact) mass is 659 g/mol. The Morgan fingerprint density at radius 3 is 2.59 bits per heavy atom. The van der Waals surface area contributed by atoms with Crippen molar-refractivity contribution in [3.05, 3.63) is 59.3 Å². The number of anilines is 3. The van der Waals surface area contributed by atoms with Crippen molar-refractivity contribution in [2.45, 2.75) is 31.6 Å².